The van der Waals surface area contributed by atoms with Crippen LogP contribution in [0, 0.1) is 0 Å². The number of β-lactam (4-membered cyclic amide) rings is 1. The molecular formula is C13H16Br2N2O5S. The molecule has 1 fully saturated rings. The Labute approximate surface area is 152 Å². The Morgan fingerprint density at radius 2 is 2.09 bits per heavy atom. The van der Waals surface area contributed by atoms with Crippen molar-refractivity contribution in [3.63, 3.8) is 0 Å². The highest BCUT2D eigenvalue weighted by atomic mass is 79.9. The van der Waals surface area contributed by atoms with Gasteiger partial charge in [0, 0.05) is 5.33 Å². The van der Waals surface area contributed by atoms with E-state index in [0.29, 0.717) is 12.0 Å². The van der Waals surface area contributed by atoms with Crippen LogP contribution < -0.4 is 5.32 Å². The minimum Gasteiger partial charge on any atom is -0.455 e. The lowest BCUT2D eigenvalue weighted by atomic mass is 10.0. The molecule has 0 aliphatic carbocycles. The van der Waals surface area contributed by atoms with Crippen molar-refractivity contribution in [2.45, 2.75) is 41.9 Å². The first kappa shape index (κ1) is 18.6. The number of esters is 1. The fourth-order valence-electron chi connectivity index (χ4n) is 2.37. The average Bonchev–Trinajstić information content (AvgIpc) is 2.45. The van der Waals surface area contributed by atoms with Crippen molar-refractivity contribution < 1.29 is 23.3 Å². The van der Waals surface area contributed by atoms with E-state index in [9.17, 15) is 18.6 Å². The third kappa shape index (κ3) is 3.25. The molecule has 3 unspecified atom stereocenters. The molecule has 1 N–H and O–H groups in total. The molecule has 0 aromatic heterocycles. The SMILES string of the molecule is CC(C)(C)OC(=O)C1=C(CBr)C(Br)S(=O)[C@H]2C(NC=O)C(=O)N12. The number of carbonyl (C=O) groups excluding carboxylic acids is 3. The maximum absolute atomic E-state index is 12.5. The maximum Gasteiger partial charge on any atom is 0.355 e. The van der Waals surface area contributed by atoms with Crippen molar-refractivity contribution in [3.8, 4) is 0 Å². The van der Waals surface area contributed by atoms with Gasteiger partial charge in [-0.3, -0.25) is 18.7 Å². The van der Waals surface area contributed by atoms with Crippen LogP contribution in [0.1, 0.15) is 20.8 Å². The number of rotatable bonds is 4. The van der Waals surface area contributed by atoms with Crippen LogP contribution in [0.4, 0.5) is 0 Å². The van der Waals surface area contributed by atoms with Crippen molar-refractivity contribution in [1.82, 2.24) is 10.2 Å². The molecule has 0 bridgehead atoms. The summed E-state index contributed by atoms with van der Waals surface area (Å²) in [7, 11) is -1.51. The number of amides is 2. The number of hydrogen-bond donors (Lipinski definition) is 1. The van der Waals surface area contributed by atoms with E-state index in [4.69, 9.17) is 4.74 Å². The molecule has 0 radical (unpaired) electrons. The maximum atomic E-state index is 12.5. The standard InChI is InChI=1S/C13H16Br2N2O5S/c1-13(2,3)22-12(20)8-6(4-14)9(15)23(21)11-7(16-5-18)10(19)17(8)11/h5,7,9,11H,4H2,1-3H3,(H,16,18)/t7?,9?,11-,23?/m0/s1. The molecule has 2 amide bonds. The number of ether oxygens (including phenoxy) is 1. The van der Waals surface area contributed by atoms with Gasteiger partial charge in [0.1, 0.15) is 26.9 Å². The minimum absolute atomic E-state index is 0.0808. The first-order valence-corrected chi connectivity index (χ1v) is 10.0. The largest absolute Gasteiger partial charge is 0.455 e. The summed E-state index contributed by atoms with van der Waals surface area (Å²) in [5.74, 6) is -1.13. The third-order valence-electron chi connectivity index (χ3n) is 3.29. The van der Waals surface area contributed by atoms with E-state index in [1.165, 1.54) is 4.90 Å². The Kier molecular flexibility index (Phi) is 5.37. The predicted octanol–water partition coefficient (Wildman–Crippen LogP) is 0.743. The summed E-state index contributed by atoms with van der Waals surface area (Å²) in [5, 5.41) is 1.82. The summed E-state index contributed by atoms with van der Waals surface area (Å²) in [4.78, 5) is 36.6. The number of alkyl halides is 2. The third-order valence-corrected chi connectivity index (χ3v) is 7.20. The molecule has 0 aromatic rings. The molecule has 2 rings (SSSR count). The highest BCUT2D eigenvalue weighted by molar-refractivity contribution is 9.11. The summed E-state index contributed by atoms with van der Waals surface area (Å²) in [6, 6.07) is -0.900. The number of halogens is 2. The number of carbonyl (C=O) groups is 3. The molecular weight excluding hydrogens is 456 g/mol. The number of hydrogen-bond acceptors (Lipinski definition) is 5. The Hall–Kier alpha value is -0.740. The highest BCUT2D eigenvalue weighted by Gasteiger charge is 2.59. The molecule has 1 saturated heterocycles. The van der Waals surface area contributed by atoms with Crippen molar-refractivity contribution >= 4 is 60.9 Å². The minimum atomic E-state index is -1.51. The van der Waals surface area contributed by atoms with Gasteiger partial charge in [-0.15, -0.1) is 0 Å². The van der Waals surface area contributed by atoms with Crippen LogP contribution in [-0.2, 0) is 29.9 Å². The van der Waals surface area contributed by atoms with Crippen molar-refractivity contribution in [2.75, 3.05) is 5.33 Å². The van der Waals surface area contributed by atoms with Crippen molar-refractivity contribution in [2.24, 2.45) is 0 Å². The fraction of sp³-hybridized carbons (Fsp3) is 0.615. The summed E-state index contributed by atoms with van der Waals surface area (Å²) >= 11 is 6.58. The number of nitrogens with zero attached hydrogens (tertiary/aromatic N) is 1. The molecule has 128 valence electrons. The first-order chi connectivity index (χ1) is 10.6. The Bertz CT molecular complexity index is 616. The molecule has 0 saturated carbocycles. The monoisotopic (exact) mass is 470 g/mol. The topological polar surface area (TPSA) is 92.8 Å². The Morgan fingerprint density at radius 3 is 2.57 bits per heavy atom. The van der Waals surface area contributed by atoms with Gasteiger partial charge in [-0.05, 0) is 26.3 Å². The van der Waals surface area contributed by atoms with Crippen LogP contribution in [0.2, 0.25) is 0 Å². The number of fused-ring (bicyclic) bond motifs is 1. The quantitative estimate of drug-likeness (QED) is 0.282. The van der Waals surface area contributed by atoms with Gasteiger partial charge in [0.25, 0.3) is 5.91 Å². The van der Waals surface area contributed by atoms with Crippen LogP contribution in [0.15, 0.2) is 11.3 Å². The second-order valence-electron chi connectivity index (χ2n) is 6.01. The molecule has 4 atom stereocenters. The average molecular weight is 472 g/mol. The van der Waals surface area contributed by atoms with E-state index in [1.807, 2.05) is 0 Å². The van der Waals surface area contributed by atoms with Crippen molar-refractivity contribution in [1.29, 1.82) is 0 Å². The molecule has 10 heteroatoms. The summed E-state index contributed by atoms with van der Waals surface area (Å²) in [5.41, 5.74) is -0.173. The van der Waals surface area contributed by atoms with E-state index >= 15 is 0 Å². The number of nitrogens with one attached hydrogen (secondary N) is 1. The van der Waals surface area contributed by atoms with Gasteiger partial charge in [0.15, 0.2) is 0 Å². The Balaban J connectivity index is 2.46. The zero-order chi connectivity index (χ0) is 17.5. The highest BCUT2D eigenvalue weighted by Crippen LogP contribution is 2.41. The van der Waals surface area contributed by atoms with E-state index in [2.05, 4.69) is 37.2 Å². The van der Waals surface area contributed by atoms with Crippen LogP contribution in [0.25, 0.3) is 0 Å². The van der Waals surface area contributed by atoms with Crippen LogP contribution in [0.5, 0.6) is 0 Å². The van der Waals surface area contributed by atoms with Gasteiger partial charge in [0.05, 0.1) is 10.8 Å². The van der Waals surface area contributed by atoms with E-state index < -0.39 is 43.9 Å². The summed E-state index contributed by atoms with van der Waals surface area (Å²) in [6.45, 7) is 5.16. The second kappa shape index (κ2) is 6.64. The van der Waals surface area contributed by atoms with Gasteiger partial charge in [-0.2, -0.15) is 0 Å². The lowest BCUT2D eigenvalue weighted by Crippen LogP contribution is -2.73. The van der Waals surface area contributed by atoms with E-state index in [0.717, 1.165) is 0 Å². The first-order valence-electron chi connectivity index (χ1n) is 6.72. The molecule has 23 heavy (non-hydrogen) atoms. The molecule has 0 spiro atoms. The van der Waals surface area contributed by atoms with Gasteiger partial charge < -0.3 is 10.1 Å². The van der Waals surface area contributed by atoms with Crippen LogP contribution >= 0.6 is 31.9 Å². The Morgan fingerprint density at radius 1 is 1.48 bits per heavy atom. The normalized spacial score (nSPS) is 30.5. The van der Waals surface area contributed by atoms with E-state index in [-0.39, 0.29) is 11.0 Å². The smallest absolute Gasteiger partial charge is 0.355 e. The van der Waals surface area contributed by atoms with Crippen LogP contribution in [-0.4, -0.2) is 53.9 Å². The zero-order valence-corrected chi connectivity index (χ0v) is 16.7. The molecule has 2 aliphatic heterocycles. The molecule has 2 heterocycles. The van der Waals surface area contributed by atoms with Gasteiger partial charge in [0.2, 0.25) is 6.41 Å². The van der Waals surface area contributed by atoms with Gasteiger partial charge in [-0.25, -0.2) is 4.79 Å². The lowest BCUT2D eigenvalue weighted by molar-refractivity contribution is -0.158. The molecule has 0 aromatic carbocycles. The fourth-order valence-corrected chi connectivity index (χ4v) is 6.25. The van der Waals surface area contributed by atoms with E-state index in [1.54, 1.807) is 20.8 Å². The van der Waals surface area contributed by atoms with Crippen molar-refractivity contribution in [3.05, 3.63) is 11.3 Å². The predicted molar refractivity (Wildman–Crippen MR) is 91.1 cm³/mol. The molecule has 7 nitrogen and oxygen atoms in total. The second-order valence-corrected chi connectivity index (χ2v) is 9.71. The summed E-state index contributed by atoms with van der Waals surface area (Å²) < 4.78 is 17.3. The van der Waals surface area contributed by atoms with Gasteiger partial charge in [-0.1, -0.05) is 31.9 Å². The van der Waals surface area contributed by atoms with Gasteiger partial charge >= 0.3 is 5.97 Å². The zero-order valence-electron chi connectivity index (χ0n) is 12.7. The lowest BCUT2D eigenvalue weighted by Gasteiger charge is -2.50. The molecule has 2 aliphatic rings. The summed E-state index contributed by atoms with van der Waals surface area (Å²) in [6.07, 6.45) is 0.386. The van der Waals surface area contributed by atoms with Crippen LogP contribution in [0.3, 0.4) is 0 Å².